The molecule has 1 aliphatic rings. The Bertz CT molecular complexity index is 752. The van der Waals surface area contributed by atoms with Gasteiger partial charge < -0.3 is 19.7 Å². The zero-order valence-electron chi connectivity index (χ0n) is 12.9. The fourth-order valence-electron chi connectivity index (χ4n) is 2.70. The van der Waals surface area contributed by atoms with E-state index >= 15 is 0 Å². The van der Waals surface area contributed by atoms with Gasteiger partial charge in [0.25, 0.3) is 0 Å². The second-order valence-electron chi connectivity index (χ2n) is 5.86. The van der Waals surface area contributed by atoms with Gasteiger partial charge in [0, 0.05) is 0 Å². The Labute approximate surface area is 140 Å². The van der Waals surface area contributed by atoms with E-state index in [4.69, 9.17) is 9.84 Å². The van der Waals surface area contributed by atoms with Crippen LogP contribution in [0.3, 0.4) is 0 Å². The van der Waals surface area contributed by atoms with Crippen LogP contribution in [0.25, 0.3) is 10.8 Å². The lowest BCUT2D eigenvalue weighted by Gasteiger charge is -2.43. The van der Waals surface area contributed by atoms with Crippen molar-refractivity contribution in [2.24, 2.45) is 0 Å². The predicted molar refractivity (Wildman–Crippen MR) is 80.4 cm³/mol. The van der Waals surface area contributed by atoms with E-state index < -0.39 is 36.9 Å². The number of aliphatic hydroxyl groups is 2. The molecule has 8 heteroatoms. The number of aliphatic hydroxyl groups excluding tert-OH is 2. The maximum Gasteiger partial charge on any atom is 0.343 e. The third-order valence-corrected chi connectivity index (χ3v) is 4.17. The van der Waals surface area contributed by atoms with Gasteiger partial charge in [-0.3, -0.25) is 0 Å². The van der Waals surface area contributed by atoms with Gasteiger partial charge in [-0.05, 0) is 22.4 Å². The normalized spacial score (nSPS) is 28.2. The molecule has 3 atom stereocenters. The zero-order valence-corrected chi connectivity index (χ0v) is 12.9. The molecular formula is C17H16F4O4. The summed E-state index contributed by atoms with van der Waals surface area (Å²) >= 11 is 0. The summed E-state index contributed by atoms with van der Waals surface area (Å²) in [6.07, 6.45) is -7.31. The number of benzene rings is 2. The van der Waals surface area contributed by atoms with E-state index in [1.54, 1.807) is 18.2 Å². The third kappa shape index (κ3) is 3.10. The summed E-state index contributed by atoms with van der Waals surface area (Å²) in [4.78, 5) is 0. The molecule has 0 unspecified atom stereocenters. The molecule has 1 saturated heterocycles. The number of rotatable bonds is 4. The van der Waals surface area contributed by atoms with E-state index in [0.717, 1.165) is 10.8 Å². The fourth-order valence-corrected chi connectivity index (χ4v) is 2.70. The first-order valence-electron chi connectivity index (χ1n) is 7.56. The maximum atomic E-state index is 13.7. The molecule has 2 N–H and O–H groups in total. The average molecular weight is 360 g/mol. The monoisotopic (exact) mass is 360 g/mol. The Morgan fingerprint density at radius 3 is 2.36 bits per heavy atom. The highest BCUT2D eigenvalue weighted by Gasteiger charge is 2.71. The van der Waals surface area contributed by atoms with Crippen LogP contribution >= 0.6 is 0 Å². The van der Waals surface area contributed by atoms with Crippen LogP contribution in [0.2, 0.25) is 0 Å². The Morgan fingerprint density at radius 2 is 1.68 bits per heavy atom. The van der Waals surface area contributed by atoms with Crippen LogP contribution in [0.1, 0.15) is 5.56 Å². The summed E-state index contributed by atoms with van der Waals surface area (Å²) in [7, 11) is 0. The molecule has 4 nitrogen and oxygen atoms in total. The SMILES string of the molecule is OC[C@H]1O[C@@H](OCc2ccc3ccccc3c2)[C@@H](O)C(F)(F)C1(F)F. The van der Waals surface area contributed by atoms with E-state index in [2.05, 4.69) is 4.74 Å². The lowest BCUT2D eigenvalue weighted by atomic mass is 9.97. The largest absolute Gasteiger partial charge is 0.393 e. The van der Waals surface area contributed by atoms with Gasteiger partial charge in [-0.25, -0.2) is 0 Å². The molecule has 25 heavy (non-hydrogen) atoms. The van der Waals surface area contributed by atoms with Crippen molar-refractivity contribution in [3.8, 4) is 0 Å². The van der Waals surface area contributed by atoms with Gasteiger partial charge in [0.1, 0.15) is 0 Å². The van der Waals surface area contributed by atoms with E-state index in [1.165, 1.54) is 0 Å². The molecule has 3 rings (SSSR count). The molecule has 1 aliphatic heterocycles. The van der Waals surface area contributed by atoms with Gasteiger partial charge in [-0.1, -0.05) is 36.4 Å². The smallest absolute Gasteiger partial charge is 0.343 e. The summed E-state index contributed by atoms with van der Waals surface area (Å²) < 4.78 is 64.3. The fraction of sp³-hybridized carbons (Fsp3) is 0.412. The molecule has 136 valence electrons. The van der Waals surface area contributed by atoms with Crippen molar-refractivity contribution in [1.29, 1.82) is 0 Å². The number of fused-ring (bicyclic) bond motifs is 1. The lowest BCUT2D eigenvalue weighted by Crippen LogP contribution is -2.67. The molecule has 0 amide bonds. The summed E-state index contributed by atoms with van der Waals surface area (Å²) in [5.74, 6) is -9.49. The summed E-state index contributed by atoms with van der Waals surface area (Å²) in [5.41, 5.74) is 0.593. The van der Waals surface area contributed by atoms with Crippen LogP contribution in [0, 0.1) is 0 Å². The average Bonchev–Trinajstić information content (AvgIpc) is 2.59. The first kappa shape index (κ1) is 18.1. The topological polar surface area (TPSA) is 58.9 Å². The van der Waals surface area contributed by atoms with Crippen molar-refractivity contribution in [3.63, 3.8) is 0 Å². The summed E-state index contributed by atoms with van der Waals surface area (Å²) in [5, 5.41) is 20.3. The van der Waals surface area contributed by atoms with Crippen LogP contribution in [0.5, 0.6) is 0 Å². The summed E-state index contributed by atoms with van der Waals surface area (Å²) in [6, 6.07) is 12.7. The van der Waals surface area contributed by atoms with Gasteiger partial charge >= 0.3 is 11.8 Å². The van der Waals surface area contributed by atoms with Crippen molar-refractivity contribution in [2.45, 2.75) is 36.9 Å². The Kier molecular flexibility index (Phi) is 4.72. The second-order valence-corrected chi connectivity index (χ2v) is 5.86. The number of hydrogen-bond donors (Lipinski definition) is 2. The third-order valence-electron chi connectivity index (χ3n) is 4.17. The van der Waals surface area contributed by atoms with Crippen molar-refractivity contribution >= 4 is 10.8 Å². The molecule has 0 spiro atoms. The van der Waals surface area contributed by atoms with Gasteiger partial charge in [-0.2, -0.15) is 17.6 Å². The molecule has 0 aliphatic carbocycles. The number of alkyl halides is 4. The maximum absolute atomic E-state index is 13.7. The highest BCUT2D eigenvalue weighted by atomic mass is 19.3. The number of ether oxygens (including phenoxy) is 2. The minimum Gasteiger partial charge on any atom is -0.393 e. The first-order chi connectivity index (χ1) is 11.8. The molecular weight excluding hydrogens is 344 g/mol. The van der Waals surface area contributed by atoms with Crippen LogP contribution in [0.4, 0.5) is 17.6 Å². The minimum atomic E-state index is -4.79. The molecule has 1 heterocycles. The Balaban J connectivity index is 1.75. The standard InChI is InChI=1S/C17H16F4O4/c18-16(19)13(8-22)25-15(14(23)17(16,20)21)24-9-10-5-6-11-3-1-2-4-12(11)7-10/h1-7,13-15,22-23H,8-9H2/t13-,14-,15-/m1/s1. The highest BCUT2D eigenvalue weighted by Crippen LogP contribution is 2.46. The molecule has 2 aromatic rings. The van der Waals surface area contributed by atoms with Gasteiger partial charge in [0.15, 0.2) is 18.5 Å². The van der Waals surface area contributed by atoms with Crippen molar-refractivity contribution in [1.82, 2.24) is 0 Å². The molecule has 0 radical (unpaired) electrons. The lowest BCUT2D eigenvalue weighted by molar-refractivity contribution is -0.395. The van der Waals surface area contributed by atoms with E-state index in [9.17, 15) is 22.7 Å². The Morgan fingerprint density at radius 1 is 1.00 bits per heavy atom. The molecule has 0 saturated carbocycles. The number of hydrogen-bond acceptors (Lipinski definition) is 4. The van der Waals surface area contributed by atoms with Crippen molar-refractivity contribution in [2.75, 3.05) is 6.61 Å². The predicted octanol–water partition coefficient (Wildman–Crippen LogP) is 2.71. The minimum absolute atomic E-state index is 0.230. The van der Waals surface area contributed by atoms with Gasteiger partial charge in [-0.15, -0.1) is 0 Å². The quantitative estimate of drug-likeness (QED) is 0.824. The van der Waals surface area contributed by atoms with Crippen LogP contribution < -0.4 is 0 Å². The second kappa shape index (κ2) is 6.53. The van der Waals surface area contributed by atoms with Gasteiger partial charge in [0.05, 0.1) is 13.2 Å². The van der Waals surface area contributed by atoms with Crippen molar-refractivity contribution in [3.05, 3.63) is 48.0 Å². The van der Waals surface area contributed by atoms with Crippen LogP contribution in [-0.2, 0) is 16.1 Å². The molecule has 0 bridgehead atoms. The van der Waals surface area contributed by atoms with Crippen LogP contribution in [-0.4, -0.2) is 47.2 Å². The van der Waals surface area contributed by atoms with E-state index in [0.29, 0.717) is 5.56 Å². The molecule has 2 aromatic carbocycles. The first-order valence-corrected chi connectivity index (χ1v) is 7.56. The van der Waals surface area contributed by atoms with E-state index in [1.807, 2.05) is 24.3 Å². The number of halogens is 4. The summed E-state index contributed by atoms with van der Waals surface area (Å²) in [6.45, 7) is -1.56. The Hall–Kier alpha value is -1.74. The highest BCUT2D eigenvalue weighted by molar-refractivity contribution is 5.82. The van der Waals surface area contributed by atoms with Gasteiger partial charge in [0.2, 0.25) is 0 Å². The van der Waals surface area contributed by atoms with E-state index in [-0.39, 0.29) is 6.61 Å². The van der Waals surface area contributed by atoms with Crippen LogP contribution in [0.15, 0.2) is 42.5 Å². The molecule has 0 aromatic heterocycles. The zero-order chi connectivity index (χ0) is 18.2. The van der Waals surface area contributed by atoms with Crippen molar-refractivity contribution < 1.29 is 37.2 Å². The molecule has 1 fully saturated rings.